The number of carbonyl (C=O) groups is 1. The number of hydrogen-bond acceptors (Lipinski definition) is 4. The van der Waals surface area contributed by atoms with E-state index in [0.717, 1.165) is 16.9 Å². The molecule has 2 rings (SSSR count). The lowest BCUT2D eigenvalue weighted by Gasteiger charge is -2.24. The summed E-state index contributed by atoms with van der Waals surface area (Å²) in [5, 5.41) is 0. The lowest BCUT2D eigenvalue weighted by molar-refractivity contribution is -0.143. The van der Waals surface area contributed by atoms with Crippen molar-refractivity contribution in [2.24, 2.45) is 5.73 Å². The first-order valence-corrected chi connectivity index (χ1v) is 5.29. The van der Waals surface area contributed by atoms with Gasteiger partial charge in [0, 0.05) is 12.1 Å². The minimum absolute atomic E-state index is 0. The maximum atomic E-state index is 11.6. The molecule has 1 aliphatic heterocycles. The van der Waals surface area contributed by atoms with E-state index in [9.17, 15) is 4.79 Å². The van der Waals surface area contributed by atoms with Crippen LogP contribution in [-0.2, 0) is 16.1 Å². The second-order valence-electron chi connectivity index (χ2n) is 3.79. The summed E-state index contributed by atoms with van der Waals surface area (Å²) in [6.07, 6.45) is 0.660. The molecule has 0 saturated carbocycles. The van der Waals surface area contributed by atoms with Crippen molar-refractivity contribution < 1.29 is 14.3 Å². The Morgan fingerprint density at radius 3 is 3.00 bits per heavy atom. The van der Waals surface area contributed by atoms with Gasteiger partial charge < -0.3 is 15.2 Å². The number of carbonyl (C=O) groups excluding carboxylic acids is 1. The van der Waals surface area contributed by atoms with Crippen LogP contribution in [0, 0.1) is 0 Å². The van der Waals surface area contributed by atoms with Crippen LogP contribution in [0.25, 0.3) is 0 Å². The van der Waals surface area contributed by atoms with E-state index in [4.69, 9.17) is 15.2 Å². The summed E-state index contributed by atoms with van der Waals surface area (Å²) in [7, 11) is 1.41. The van der Waals surface area contributed by atoms with Crippen molar-refractivity contribution in [3.8, 4) is 5.75 Å². The van der Waals surface area contributed by atoms with Gasteiger partial charge in [0.1, 0.15) is 5.75 Å². The third-order valence-electron chi connectivity index (χ3n) is 2.84. The molecule has 1 heterocycles. The Hall–Kier alpha value is -1.26. The fourth-order valence-corrected chi connectivity index (χ4v) is 1.96. The summed E-state index contributed by atoms with van der Waals surface area (Å²) in [4.78, 5) is 11.6. The highest BCUT2D eigenvalue weighted by atomic mass is 35.5. The molecule has 94 valence electrons. The molecular weight excluding hydrogens is 242 g/mol. The van der Waals surface area contributed by atoms with Crippen LogP contribution >= 0.6 is 12.4 Å². The Balaban J connectivity index is 0.00000144. The Morgan fingerprint density at radius 1 is 1.59 bits per heavy atom. The predicted octanol–water partition coefficient (Wildman–Crippen LogP) is 1.61. The van der Waals surface area contributed by atoms with Crippen molar-refractivity contribution in [2.45, 2.75) is 18.9 Å². The van der Waals surface area contributed by atoms with Gasteiger partial charge in [-0.15, -0.1) is 12.4 Å². The standard InChI is InChI=1S/C12H15NO3.ClH/c1-15-12(14)9-4-5-16-11-3-2-8(7-13)6-10(9)11;/h2-3,6,9H,4-5,7,13H2,1H3;1H/t9-;/m1./s1. The number of methoxy groups -OCH3 is 1. The molecule has 17 heavy (non-hydrogen) atoms. The van der Waals surface area contributed by atoms with Crippen molar-refractivity contribution in [3.05, 3.63) is 29.3 Å². The zero-order valence-electron chi connectivity index (χ0n) is 9.64. The van der Waals surface area contributed by atoms with E-state index < -0.39 is 0 Å². The third kappa shape index (κ3) is 2.70. The van der Waals surface area contributed by atoms with Crippen molar-refractivity contribution in [3.63, 3.8) is 0 Å². The summed E-state index contributed by atoms with van der Waals surface area (Å²) in [6, 6.07) is 5.71. The van der Waals surface area contributed by atoms with E-state index in [0.29, 0.717) is 19.6 Å². The summed E-state index contributed by atoms with van der Waals surface area (Å²) >= 11 is 0. The summed E-state index contributed by atoms with van der Waals surface area (Å²) < 4.78 is 10.3. The van der Waals surface area contributed by atoms with Gasteiger partial charge in [-0.2, -0.15) is 0 Å². The highest BCUT2D eigenvalue weighted by Gasteiger charge is 2.28. The Kier molecular flexibility index (Phi) is 4.78. The monoisotopic (exact) mass is 257 g/mol. The van der Waals surface area contributed by atoms with E-state index in [1.54, 1.807) is 0 Å². The Bertz CT molecular complexity index is 409. The topological polar surface area (TPSA) is 61.5 Å². The first kappa shape index (κ1) is 13.8. The van der Waals surface area contributed by atoms with Crippen LogP contribution in [0.1, 0.15) is 23.5 Å². The Morgan fingerprint density at radius 2 is 2.35 bits per heavy atom. The van der Waals surface area contributed by atoms with Crippen molar-refractivity contribution in [1.82, 2.24) is 0 Å². The maximum absolute atomic E-state index is 11.6. The van der Waals surface area contributed by atoms with Gasteiger partial charge >= 0.3 is 5.97 Å². The van der Waals surface area contributed by atoms with E-state index >= 15 is 0 Å². The number of rotatable bonds is 2. The van der Waals surface area contributed by atoms with Crippen molar-refractivity contribution >= 4 is 18.4 Å². The molecule has 0 spiro atoms. The molecule has 0 unspecified atom stereocenters. The zero-order valence-corrected chi connectivity index (χ0v) is 10.5. The lowest BCUT2D eigenvalue weighted by Crippen LogP contribution is -2.22. The molecule has 1 atom stereocenters. The van der Waals surface area contributed by atoms with Gasteiger partial charge in [0.25, 0.3) is 0 Å². The quantitative estimate of drug-likeness (QED) is 0.818. The molecular formula is C12H16ClNO3. The fraction of sp³-hybridized carbons (Fsp3) is 0.417. The fourth-order valence-electron chi connectivity index (χ4n) is 1.96. The van der Waals surface area contributed by atoms with E-state index in [1.807, 2.05) is 18.2 Å². The van der Waals surface area contributed by atoms with E-state index in [-0.39, 0.29) is 24.3 Å². The number of halogens is 1. The molecule has 0 amide bonds. The smallest absolute Gasteiger partial charge is 0.313 e. The number of nitrogens with two attached hydrogens (primary N) is 1. The molecule has 0 aliphatic carbocycles. The van der Waals surface area contributed by atoms with Gasteiger partial charge in [-0.25, -0.2) is 0 Å². The highest BCUT2D eigenvalue weighted by Crippen LogP contribution is 2.34. The second-order valence-corrected chi connectivity index (χ2v) is 3.79. The average molecular weight is 258 g/mol. The summed E-state index contributed by atoms with van der Waals surface area (Å²) in [6.45, 7) is 1.01. The third-order valence-corrected chi connectivity index (χ3v) is 2.84. The number of fused-ring (bicyclic) bond motifs is 1. The largest absolute Gasteiger partial charge is 0.493 e. The molecule has 0 radical (unpaired) electrons. The number of esters is 1. The minimum Gasteiger partial charge on any atom is -0.493 e. The first-order chi connectivity index (χ1) is 7.76. The van der Waals surface area contributed by atoms with Crippen LogP contribution in [0.5, 0.6) is 5.75 Å². The summed E-state index contributed by atoms with van der Waals surface area (Å²) in [5.74, 6) is 0.331. The van der Waals surface area contributed by atoms with Crippen LogP contribution in [0.15, 0.2) is 18.2 Å². The lowest BCUT2D eigenvalue weighted by atomic mass is 9.92. The van der Waals surface area contributed by atoms with Crippen LogP contribution in [0.4, 0.5) is 0 Å². The highest BCUT2D eigenvalue weighted by molar-refractivity contribution is 5.85. The van der Waals surface area contributed by atoms with Gasteiger partial charge in [-0.05, 0) is 24.1 Å². The molecule has 1 aromatic rings. The molecule has 0 saturated heterocycles. The van der Waals surface area contributed by atoms with Gasteiger partial charge in [-0.3, -0.25) is 4.79 Å². The van der Waals surface area contributed by atoms with Crippen LogP contribution < -0.4 is 10.5 Å². The molecule has 1 aromatic carbocycles. The van der Waals surface area contributed by atoms with Crippen LogP contribution in [0.3, 0.4) is 0 Å². The SMILES string of the molecule is COC(=O)[C@@H]1CCOc2ccc(CN)cc21.Cl. The Labute approximate surface area is 106 Å². The second kappa shape index (κ2) is 5.89. The van der Waals surface area contributed by atoms with Crippen LogP contribution in [0.2, 0.25) is 0 Å². The van der Waals surface area contributed by atoms with E-state index in [2.05, 4.69) is 0 Å². The molecule has 5 heteroatoms. The number of ether oxygens (including phenoxy) is 2. The van der Waals surface area contributed by atoms with Crippen LogP contribution in [-0.4, -0.2) is 19.7 Å². The maximum Gasteiger partial charge on any atom is 0.313 e. The molecule has 0 aromatic heterocycles. The normalized spacial score (nSPS) is 17.4. The van der Waals surface area contributed by atoms with Gasteiger partial charge in [0.2, 0.25) is 0 Å². The minimum atomic E-state index is -0.222. The van der Waals surface area contributed by atoms with Gasteiger partial charge in [0.05, 0.1) is 19.6 Å². The predicted molar refractivity (Wildman–Crippen MR) is 66.5 cm³/mol. The van der Waals surface area contributed by atoms with Gasteiger partial charge in [0.15, 0.2) is 0 Å². The number of hydrogen-bond donors (Lipinski definition) is 1. The van der Waals surface area contributed by atoms with Crippen molar-refractivity contribution in [1.29, 1.82) is 0 Å². The number of benzene rings is 1. The molecule has 0 fully saturated rings. The first-order valence-electron chi connectivity index (χ1n) is 5.29. The molecule has 2 N–H and O–H groups in total. The zero-order chi connectivity index (χ0) is 11.5. The summed E-state index contributed by atoms with van der Waals surface area (Å²) in [5.41, 5.74) is 7.47. The van der Waals surface area contributed by atoms with E-state index in [1.165, 1.54) is 7.11 Å². The van der Waals surface area contributed by atoms with Gasteiger partial charge in [-0.1, -0.05) is 6.07 Å². The molecule has 0 bridgehead atoms. The van der Waals surface area contributed by atoms with Crippen molar-refractivity contribution in [2.75, 3.05) is 13.7 Å². The molecule has 1 aliphatic rings. The average Bonchev–Trinajstić information content (AvgIpc) is 2.36. The molecule has 4 nitrogen and oxygen atoms in total.